The van der Waals surface area contributed by atoms with Crippen molar-refractivity contribution in [1.29, 1.82) is 0 Å². The van der Waals surface area contributed by atoms with Gasteiger partial charge in [-0.05, 0) is 21.8 Å². The van der Waals surface area contributed by atoms with Gasteiger partial charge in [0.15, 0.2) is 0 Å². The molecule has 2 N–H and O–H groups in total. The lowest BCUT2D eigenvalue weighted by Gasteiger charge is -2.12. The summed E-state index contributed by atoms with van der Waals surface area (Å²) in [5.41, 5.74) is 0.166. The zero-order valence-electron chi connectivity index (χ0n) is 9.59. The molecule has 0 bridgehead atoms. The predicted octanol–water partition coefficient (Wildman–Crippen LogP) is 2.27. The largest absolute Gasteiger partial charge is 0.481 e. The number of rotatable bonds is 6. The number of hydrogen-bond acceptors (Lipinski definition) is 5. The molecule has 0 aromatic carbocycles. The number of hydrogen-bond donors (Lipinski definition) is 2. The van der Waals surface area contributed by atoms with Crippen LogP contribution in [0.5, 0.6) is 0 Å². The van der Waals surface area contributed by atoms with Gasteiger partial charge in [0, 0.05) is 19.2 Å². The van der Waals surface area contributed by atoms with Crippen LogP contribution in [0.15, 0.2) is 16.9 Å². The molecule has 0 amide bonds. The van der Waals surface area contributed by atoms with Crippen molar-refractivity contribution in [3.63, 3.8) is 0 Å². The number of halogens is 1. The second kappa shape index (κ2) is 6.29. The van der Waals surface area contributed by atoms with Gasteiger partial charge in [0.25, 0.3) is 0 Å². The molecule has 1 rings (SSSR count). The Labute approximate surface area is 112 Å². The van der Waals surface area contributed by atoms with Crippen molar-refractivity contribution >= 4 is 33.3 Å². The van der Waals surface area contributed by atoms with Crippen molar-refractivity contribution in [1.82, 2.24) is 4.98 Å². The molecule has 0 spiro atoms. The third-order valence-electron chi connectivity index (χ3n) is 2.23. The Kier molecular flexibility index (Phi) is 5.02. The average Bonchev–Trinajstić information content (AvgIpc) is 2.25. The minimum absolute atomic E-state index is 0.00347. The number of nitrogens with one attached hydrogen (secondary N) is 1. The van der Waals surface area contributed by atoms with Crippen molar-refractivity contribution < 1.29 is 14.8 Å². The van der Waals surface area contributed by atoms with Crippen molar-refractivity contribution in [2.24, 2.45) is 5.92 Å². The monoisotopic (exact) mass is 317 g/mol. The van der Waals surface area contributed by atoms with Gasteiger partial charge in [0.05, 0.1) is 9.40 Å². The highest BCUT2D eigenvalue weighted by molar-refractivity contribution is 9.10. The van der Waals surface area contributed by atoms with Crippen LogP contribution in [-0.2, 0) is 4.79 Å². The molecule has 1 unspecified atom stereocenters. The SMILES string of the molecule is CC(CNc1c(Br)cncc1[N+](=O)[O-])CC(=O)O. The maximum atomic E-state index is 10.8. The Balaban J connectivity index is 2.78. The molecule has 98 valence electrons. The molecule has 0 aliphatic heterocycles. The first kappa shape index (κ1) is 14.4. The summed E-state index contributed by atoms with van der Waals surface area (Å²) < 4.78 is 0.472. The van der Waals surface area contributed by atoms with Gasteiger partial charge in [-0.3, -0.25) is 19.9 Å². The van der Waals surface area contributed by atoms with E-state index < -0.39 is 10.9 Å². The van der Waals surface area contributed by atoms with Crippen LogP contribution in [0.2, 0.25) is 0 Å². The molecule has 1 aromatic rings. The maximum Gasteiger partial charge on any atom is 0.311 e. The molecule has 8 heteroatoms. The van der Waals surface area contributed by atoms with E-state index in [0.717, 1.165) is 6.20 Å². The summed E-state index contributed by atoms with van der Waals surface area (Å²) >= 11 is 3.17. The molecule has 0 fully saturated rings. The van der Waals surface area contributed by atoms with Crippen LogP contribution in [0, 0.1) is 16.0 Å². The third-order valence-corrected chi connectivity index (χ3v) is 2.83. The van der Waals surface area contributed by atoms with E-state index >= 15 is 0 Å². The number of anilines is 1. The van der Waals surface area contributed by atoms with Crippen molar-refractivity contribution in [3.8, 4) is 0 Å². The summed E-state index contributed by atoms with van der Waals surface area (Å²) in [5.74, 6) is -1.03. The molecule has 0 aliphatic rings. The number of nitro groups is 1. The summed E-state index contributed by atoms with van der Waals surface area (Å²) in [4.78, 5) is 24.5. The summed E-state index contributed by atoms with van der Waals surface area (Å²) in [5, 5.41) is 22.3. The lowest BCUT2D eigenvalue weighted by atomic mass is 10.1. The first-order chi connectivity index (χ1) is 8.41. The van der Waals surface area contributed by atoms with Gasteiger partial charge >= 0.3 is 11.7 Å². The highest BCUT2D eigenvalue weighted by Crippen LogP contribution is 2.31. The average molecular weight is 318 g/mol. The minimum Gasteiger partial charge on any atom is -0.481 e. The van der Waals surface area contributed by atoms with Gasteiger partial charge in [-0.25, -0.2) is 0 Å². The molecular formula is C10H12BrN3O4. The fourth-order valence-electron chi connectivity index (χ4n) is 1.38. The topological polar surface area (TPSA) is 105 Å². The molecule has 1 aromatic heterocycles. The number of aliphatic carboxylic acids is 1. The zero-order valence-corrected chi connectivity index (χ0v) is 11.2. The van der Waals surface area contributed by atoms with Gasteiger partial charge in [-0.2, -0.15) is 0 Å². The Morgan fingerprint density at radius 2 is 2.33 bits per heavy atom. The van der Waals surface area contributed by atoms with E-state index in [1.165, 1.54) is 6.20 Å². The highest BCUT2D eigenvalue weighted by atomic mass is 79.9. The molecule has 7 nitrogen and oxygen atoms in total. The van der Waals surface area contributed by atoms with Gasteiger partial charge in [-0.1, -0.05) is 6.92 Å². The molecule has 0 saturated heterocycles. The van der Waals surface area contributed by atoms with E-state index in [2.05, 4.69) is 26.2 Å². The number of nitrogens with zero attached hydrogens (tertiary/aromatic N) is 2. The Morgan fingerprint density at radius 3 is 2.89 bits per heavy atom. The number of carboxylic acids is 1. The van der Waals surface area contributed by atoms with E-state index in [9.17, 15) is 14.9 Å². The quantitative estimate of drug-likeness (QED) is 0.616. The van der Waals surface area contributed by atoms with Crippen molar-refractivity contribution in [3.05, 3.63) is 27.0 Å². The Bertz CT molecular complexity index is 466. The Morgan fingerprint density at radius 1 is 1.67 bits per heavy atom. The first-order valence-corrected chi connectivity index (χ1v) is 5.94. The molecule has 0 saturated carbocycles. The molecule has 0 aliphatic carbocycles. The van der Waals surface area contributed by atoms with E-state index in [1.807, 2.05) is 0 Å². The van der Waals surface area contributed by atoms with Gasteiger partial charge in [0.1, 0.15) is 11.9 Å². The van der Waals surface area contributed by atoms with Crippen LogP contribution >= 0.6 is 15.9 Å². The second-order valence-electron chi connectivity index (χ2n) is 3.86. The fourth-order valence-corrected chi connectivity index (χ4v) is 1.85. The van der Waals surface area contributed by atoms with Crippen LogP contribution in [0.4, 0.5) is 11.4 Å². The molecule has 1 heterocycles. The number of carboxylic acid groups (broad SMARTS) is 1. The number of aromatic nitrogens is 1. The lowest BCUT2D eigenvalue weighted by Crippen LogP contribution is -2.16. The van der Waals surface area contributed by atoms with E-state index in [-0.39, 0.29) is 18.0 Å². The van der Waals surface area contributed by atoms with Gasteiger partial charge in [-0.15, -0.1) is 0 Å². The summed E-state index contributed by atoms with van der Waals surface area (Å²) in [6, 6.07) is 0. The van der Waals surface area contributed by atoms with Gasteiger partial charge in [0.2, 0.25) is 0 Å². The molecule has 1 atom stereocenters. The summed E-state index contributed by atoms with van der Waals surface area (Å²) in [7, 11) is 0. The lowest BCUT2D eigenvalue weighted by molar-refractivity contribution is -0.384. The maximum absolute atomic E-state index is 10.8. The van der Waals surface area contributed by atoms with Crippen LogP contribution in [-0.4, -0.2) is 27.5 Å². The van der Waals surface area contributed by atoms with Crippen LogP contribution in [0.1, 0.15) is 13.3 Å². The highest BCUT2D eigenvalue weighted by Gasteiger charge is 2.18. The first-order valence-electron chi connectivity index (χ1n) is 5.15. The number of carbonyl (C=O) groups is 1. The van der Waals surface area contributed by atoms with E-state index in [4.69, 9.17) is 5.11 Å². The molecule has 18 heavy (non-hydrogen) atoms. The standard InChI is InChI=1S/C10H12BrN3O4/c1-6(2-9(15)16)3-13-10-7(11)4-12-5-8(10)14(17)18/h4-6H,2-3H2,1H3,(H,12,13)(H,15,16). The number of pyridine rings is 1. The fraction of sp³-hybridized carbons (Fsp3) is 0.400. The van der Waals surface area contributed by atoms with E-state index in [0.29, 0.717) is 16.7 Å². The third kappa shape index (κ3) is 3.95. The van der Waals surface area contributed by atoms with E-state index in [1.54, 1.807) is 6.92 Å². The Hall–Kier alpha value is -1.70. The van der Waals surface area contributed by atoms with Crippen molar-refractivity contribution in [2.45, 2.75) is 13.3 Å². The van der Waals surface area contributed by atoms with Crippen LogP contribution < -0.4 is 5.32 Å². The minimum atomic E-state index is -0.896. The molecule has 0 radical (unpaired) electrons. The second-order valence-corrected chi connectivity index (χ2v) is 4.71. The summed E-state index contributed by atoms with van der Waals surface area (Å²) in [6.07, 6.45) is 2.59. The normalized spacial score (nSPS) is 11.9. The van der Waals surface area contributed by atoms with Crippen molar-refractivity contribution in [2.75, 3.05) is 11.9 Å². The van der Waals surface area contributed by atoms with Crippen LogP contribution in [0.25, 0.3) is 0 Å². The van der Waals surface area contributed by atoms with Crippen LogP contribution in [0.3, 0.4) is 0 Å². The summed E-state index contributed by atoms with van der Waals surface area (Å²) in [6.45, 7) is 2.08. The predicted molar refractivity (Wildman–Crippen MR) is 68.5 cm³/mol. The zero-order chi connectivity index (χ0) is 13.7. The van der Waals surface area contributed by atoms with Gasteiger partial charge < -0.3 is 10.4 Å². The smallest absolute Gasteiger partial charge is 0.311 e. The molecular weight excluding hydrogens is 306 g/mol.